The van der Waals surface area contributed by atoms with E-state index >= 15 is 0 Å². The molecule has 1 aliphatic heterocycles. The Kier molecular flexibility index (Phi) is 2.51. The maximum absolute atomic E-state index is 11.1. The van der Waals surface area contributed by atoms with E-state index in [1.54, 1.807) is 0 Å². The van der Waals surface area contributed by atoms with E-state index in [4.69, 9.17) is 5.73 Å². The SMILES string of the molecule is NCCN1C(=O)CC(S)C1=O. The molecular weight excluding hydrogens is 164 g/mol. The third kappa shape index (κ3) is 1.54. The van der Waals surface area contributed by atoms with Gasteiger partial charge in [-0.05, 0) is 0 Å². The van der Waals surface area contributed by atoms with Crippen molar-refractivity contribution in [2.75, 3.05) is 13.1 Å². The van der Waals surface area contributed by atoms with Crippen LogP contribution in [0.1, 0.15) is 6.42 Å². The van der Waals surface area contributed by atoms with Gasteiger partial charge in [0.2, 0.25) is 11.8 Å². The van der Waals surface area contributed by atoms with Gasteiger partial charge in [0.1, 0.15) is 0 Å². The second-order valence-electron chi connectivity index (χ2n) is 2.39. The number of likely N-dealkylation sites (tertiary alicyclic amines) is 1. The fourth-order valence-electron chi connectivity index (χ4n) is 1.03. The molecule has 0 aromatic heterocycles. The molecule has 11 heavy (non-hydrogen) atoms. The lowest BCUT2D eigenvalue weighted by Gasteiger charge is -2.11. The summed E-state index contributed by atoms with van der Waals surface area (Å²) < 4.78 is 0. The Morgan fingerprint density at radius 2 is 2.27 bits per heavy atom. The van der Waals surface area contributed by atoms with Crippen LogP contribution in [0.5, 0.6) is 0 Å². The van der Waals surface area contributed by atoms with E-state index in [1.165, 1.54) is 0 Å². The van der Waals surface area contributed by atoms with Crippen LogP contribution < -0.4 is 5.73 Å². The number of imide groups is 1. The van der Waals surface area contributed by atoms with E-state index in [1.807, 2.05) is 0 Å². The van der Waals surface area contributed by atoms with Gasteiger partial charge in [-0.15, -0.1) is 0 Å². The number of rotatable bonds is 2. The minimum absolute atomic E-state index is 0.166. The summed E-state index contributed by atoms with van der Waals surface area (Å²) in [7, 11) is 0. The van der Waals surface area contributed by atoms with Crippen LogP contribution in [0.4, 0.5) is 0 Å². The minimum Gasteiger partial charge on any atom is -0.329 e. The van der Waals surface area contributed by atoms with Gasteiger partial charge in [0.05, 0.1) is 5.25 Å². The van der Waals surface area contributed by atoms with E-state index in [2.05, 4.69) is 12.6 Å². The Morgan fingerprint density at radius 3 is 2.64 bits per heavy atom. The van der Waals surface area contributed by atoms with Crippen molar-refractivity contribution in [3.63, 3.8) is 0 Å². The highest BCUT2D eigenvalue weighted by Crippen LogP contribution is 2.16. The molecule has 1 atom stereocenters. The average molecular weight is 174 g/mol. The Labute approximate surface area is 70.1 Å². The third-order valence-corrected chi connectivity index (χ3v) is 1.98. The molecule has 2 amide bonds. The predicted molar refractivity (Wildman–Crippen MR) is 43.2 cm³/mol. The van der Waals surface area contributed by atoms with E-state index in [-0.39, 0.29) is 18.2 Å². The Hall–Kier alpha value is -0.550. The highest BCUT2D eigenvalue weighted by Gasteiger charge is 2.35. The van der Waals surface area contributed by atoms with E-state index in [0.29, 0.717) is 13.1 Å². The molecular formula is C6H10N2O2S. The van der Waals surface area contributed by atoms with Crippen LogP contribution in [0.2, 0.25) is 0 Å². The summed E-state index contributed by atoms with van der Waals surface area (Å²) in [5.41, 5.74) is 5.21. The first-order valence-electron chi connectivity index (χ1n) is 3.39. The zero-order valence-electron chi connectivity index (χ0n) is 5.99. The summed E-state index contributed by atoms with van der Waals surface area (Å²) in [5, 5.41) is -0.450. The van der Waals surface area contributed by atoms with Crippen LogP contribution in [0, 0.1) is 0 Å². The molecule has 0 saturated carbocycles. The van der Waals surface area contributed by atoms with Crippen molar-refractivity contribution in [1.29, 1.82) is 0 Å². The number of carbonyl (C=O) groups excluding carboxylic acids is 2. The largest absolute Gasteiger partial charge is 0.329 e. The summed E-state index contributed by atoms with van der Waals surface area (Å²) in [6, 6.07) is 0. The van der Waals surface area contributed by atoms with Gasteiger partial charge in [0.15, 0.2) is 0 Å². The average Bonchev–Trinajstić information content (AvgIpc) is 2.17. The molecule has 4 nitrogen and oxygen atoms in total. The molecule has 0 aromatic rings. The van der Waals surface area contributed by atoms with Gasteiger partial charge < -0.3 is 5.73 Å². The number of nitrogens with two attached hydrogens (primary N) is 1. The van der Waals surface area contributed by atoms with Gasteiger partial charge in [0.25, 0.3) is 0 Å². The van der Waals surface area contributed by atoms with Gasteiger partial charge in [-0.3, -0.25) is 14.5 Å². The van der Waals surface area contributed by atoms with Gasteiger partial charge in [-0.25, -0.2) is 0 Å². The summed E-state index contributed by atoms with van der Waals surface area (Å²) in [4.78, 5) is 23.2. The Bertz CT molecular complexity index is 195. The normalized spacial score (nSPS) is 24.9. The number of nitrogens with zero attached hydrogens (tertiary/aromatic N) is 1. The lowest BCUT2D eigenvalue weighted by Crippen LogP contribution is -2.35. The van der Waals surface area contributed by atoms with Crippen molar-refractivity contribution in [3.8, 4) is 0 Å². The first-order chi connectivity index (χ1) is 5.16. The summed E-state index contributed by atoms with van der Waals surface area (Å²) in [6.07, 6.45) is 0.210. The van der Waals surface area contributed by atoms with Gasteiger partial charge >= 0.3 is 0 Å². The molecule has 0 spiro atoms. The highest BCUT2D eigenvalue weighted by atomic mass is 32.1. The smallest absolute Gasteiger partial charge is 0.242 e. The second-order valence-corrected chi connectivity index (χ2v) is 3.02. The number of hydrogen-bond acceptors (Lipinski definition) is 4. The van der Waals surface area contributed by atoms with E-state index in [0.717, 1.165) is 4.90 Å². The molecule has 1 unspecified atom stereocenters. The fraction of sp³-hybridized carbons (Fsp3) is 0.667. The quantitative estimate of drug-likeness (QED) is 0.417. The molecule has 1 rings (SSSR count). The van der Waals surface area contributed by atoms with Crippen LogP contribution in [-0.2, 0) is 9.59 Å². The van der Waals surface area contributed by atoms with E-state index in [9.17, 15) is 9.59 Å². The Balaban J connectivity index is 2.64. The molecule has 0 aromatic carbocycles. The van der Waals surface area contributed by atoms with Crippen molar-refractivity contribution in [2.45, 2.75) is 11.7 Å². The topological polar surface area (TPSA) is 63.4 Å². The lowest BCUT2D eigenvalue weighted by molar-refractivity contribution is -0.138. The Morgan fingerprint density at radius 1 is 1.64 bits per heavy atom. The van der Waals surface area contributed by atoms with Crippen LogP contribution in [-0.4, -0.2) is 35.1 Å². The number of amides is 2. The first kappa shape index (κ1) is 8.55. The summed E-state index contributed by atoms with van der Waals surface area (Å²) >= 11 is 3.95. The van der Waals surface area contributed by atoms with Crippen LogP contribution in [0.3, 0.4) is 0 Å². The lowest BCUT2D eigenvalue weighted by atomic mass is 10.4. The van der Waals surface area contributed by atoms with Crippen LogP contribution in [0.25, 0.3) is 0 Å². The van der Waals surface area contributed by atoms with Gasteiger partial charge in [-0.1, -0.05) is 0 Å². The number of thiol groups is 1. The molecule has 62 valence electrons. The molecule has 1 fully saturated rings. The molecule has 5 heteroatoms. The molecule has 0 aliphatic carbocycles. The molecule has 1 saturated heterocycles. The van der Waals surface area contributed by atoms with Crippen molar-refractivity contribution in [1.82, 2.24) is 4.90 Å². The zero-order chi connectivity index (χ0) is 8.43. The van der Waals surface area contributed by atoms with Crippen molar-refractivity contribution in [3.05, 3.63) is 0 Å². The monoisotopic (exact) mass is 174 g/mol. The summed E-state index contributed by atoms with van der Waals surface area (Å²) in [5.74, 6) is -0.385. The maximum Gasteiger partial charge on any atom is 0.242 e. The zero-order valence-corrected chi connectivity index (χ0v) is 6.88. The van der Waals surface area contributed by atoms with Crippen LogP contribution >= 0.6 is 12.6 Å². The van der Waals surface area contributed by atoms with E-state index < -0.39 is 5.25 Å². The highest BCUT2D eigenvalue weighted by molar-refractivity contribution is 7.81. The molecule has 1 heterocycles. The van der Waals surface area contributed by atoms with Crippen LogP contribution in [0.15, 0.2) is 0 Å². The van der Waals surface area contributed by atoms with Crippen molar-refractivity contribution >= 4 is 24.4 Å². The second kappa shape index (κ2) is 3.23. The van der Waals surface area contributed by atoms with Crippen molar-refractivity contribution < 1.29 is 9.59 Å². The minimum atomic E-state index is -0.450. The summed E-state index contributed by atoms with van der Waals surface area (Å²) in [6.45, 7) is 0.632. The third-order valence-electron chi connectivity index (χ3n) is 1.57. The molecule has 2 N–H and O–H groups in total. The number of carbonyl (C=O) groups is 2. The molecule has 0 radical (unpaired) electrons. The molecule has 1 aliphatic rings. The van der Waals surface area contributed by atoms with Crippen molar-refractivity contribution in [2.24, 2.45) is 5.73 Å². The van der Waals surface area contributed by atoms with Gasteiger partial charge in [0, 0.05) is 19.5 Å². The molecule has 0 bridgehead atoms. The number of hydrogen-bond donors (Lipinski definition) is 2. The standard InChI is InChI=1S/C6H10N2O2S/c7-1-2-8-5(9)3-4(11)6(8)10/h4,11H,1-3,7H2. The maximum atomic E-state index is 11.1. The van der Waals surface area contributed by atoms with Gasteiger partial charge in [-0.2, -0.15) is 12.6 Å². The fourth-order valence-corrected chi connectivity index (χ4v) is 1.33. The predicted octanol–water partition coefficient (Wildman–Crippen LogP) is -0.998. The first-order valence-corrected chi connectivity index (χ1v) is 3.91.